The molecule has 0 radical (unpaired) electrons. The Balaban J connectivity index is 1.52. The largest absolute Gasteiger partial charge is 0.496 e. The van der Waals surface area contributed by atoms with Gasteiger partial charge in [-0.1, -0.05) is 18.2 Å². The van der Waals surface area contributed by atoms with Gasteiger partial charge in [-0.15, -0.1) is 0 Å². The minimum Gasteiger partial charge on any atom is -0.496 e. The summed E-state index contributed by atoms with van der Waals surface area (Å²) in [5.41, 5.74) is 6.92. The molecule has 0 spiro atoms. The lowest BCUT2D eigenvalue weighted by molar-refractivity contribution is -0.143. The van der Waals surface area contributed by atoms with Crippen LogP contribution in [-0.2, 0) is 27.3 Å². The maximum Gasteiger partial charge on any atom is 0.306 e. The van der Waals surface area contributed by atoms with Gasteiger partial charge in [0, 0.05) is 24.7 Å². The standard InChI is InChI=1S/C33H37FO6/c1-5-37-15-16-39-27-17-22(3)33(28(19-27)24-8-9-24)29-18-23(7-13-31(29)36-4)21-40-26-12-10-25(30(34)20-26)11-14-32(35)38-6-2/h7-8,10,12-13,17-20H,5-6,9,11,14-16,21H2,1-4H3. The van der Waals surface area contributed by atoms with Crippen LogP contribution in [0.15, 0.2) is 54.6 Å². The highest BCUT2D eigenvalue weighted by Gasteiger charge is 2.22. The van der Waals surface area contributed by atoms with E-state index in [9.17, 15) is 9.18 Å². The summed E-state index contributed by atoms with van der Waals surface area (Å²) in [6, 6.07) is 14.8. The molecule has 1 aliphatic carbocycles. The number of esters is 1. The normalized spacial score (nSPS) is 12.1. The molecule has 4 rings (SSSR count). The average molecular weight is 549 g/mol. The van der Waals surface area contributed by atoms with Crippen molar-refractivity contribution in [1.82, 2.24) is 0 Å². The van der Waals surface area contributed by atoms with Gasteiger partial charge in [0.05, 0.1) is 20.3 Å². The summed E-state index contributed by atoms with van der Waals surface area (Å²) < 4.78 is 42.6. The Labute approximate surface area is 235 Å². The van der Waals surface area contributed by atoms with Crippen molar-refractivity contribution in [2.24, 2.45) is 0 Å². The van der Waals surface area contributed by atoms with Gasteiger partial charge in [-0.2, -0.15) is 0 Å². The lowest BCUT2D eigenvalue weighted by Gasteiger charge is -2.18. The minimum atomic E-state index is -0.404. The topological polar surface area (TPSA) is 63.2 Å². The molecule has 1 aliphatic rings. The molecule has 7 heteroatoms. The Kier molecular flexibility index (Phi) is 10.2. The van der Waals surface area contributed by atoms with Gasteiger partial charge in [-0.3, -0.25) is 4.79 Å². The van der Waals surface area contributed by atoms with Gasteiger partial charge < -0.3 is 23.7 Å². The molecule has 0 amide bonds. The number of rotatable bonds is 15. The quantitative estimate of drug-likeness (QED) is 0.149. The lowest BCUT2D eigenvalue weighted by Crippen LogP contribution is -2.07. The van der Waals surface area contributed by atoms with E-state index in [1.54, 1.807) is 26.2 Å². The molecule has 3 aromatic rings. The van der Waals surface area contributed by atoms with E-state index in [0.29, 0.717) is 37.7 Å². The van der Waals surface area contributed by atoms with Crippen LogP contribution in [0.5, 0.6) is 17.2 Å². The van der Waals surface area contributed by atoms with Crippen LogP contribution in [0, 0.1) is 12.7 Å². The molecule has 0 atom stereocenters. The average Bonchev–Trinajstić information content (AvgIpc) is 3.79. The summed E-state index contributed by atoms with van der Waals surface area (Å²) in [4.78, 5) is 11.6. The molecule has 40 heavy (non-hydrogen) atoms. The summed E-state index contributed by atoms with van der Waals surface area (Å²) in [5, 5.41) is 0. The van der Waals surface area contributed by atoms with Gasteiger partial charge in [0.15, 0.2) is 0 Å². The van der Waals surface area contributed by atoms with Crippen molar-refractivity contribution in [3.63, 3.8) is 0 Å². The second kappa shape index (κ2) is 14.0. The van der Waals surface area contributed by atoms with Crippen LogP contribution in [0.3, 0.4) is 0 Å². The first-order valence-electron chi connectivity index (χ1n) is 13.7. The Morgan fingerprint density at radius 3 is 2.45 bits per heavy atom. The van der Waals surface area contributed by atoms with Crippen LogP contribution in [0.2, 0.25) is 0 Å². The summed E-state index contributed by atoms with van der Waals surface area (Å²) in [5.74, 6) is 1.26. The summed E-state index contributed by atoms with van der Waals surface area (Å²) in [6.45, 7) is 8.07. The zero-order chi connectivity index (χ0) is 28.5. The molecule has 212 valence electrons. The van der Waals surface area contributed by atoms with Crippen LogP contribution in [0.4, 0.5) is 4.39 Å². The minimum absolute atomic E-state index is 0.137. The summed E-state index contributed by atoms with van der Waals surface area (Å²) in [6.07, 6.45) is 3.56. The summed E-state index contributed by atoms with van der Waals surface area (Å²) in [7, 11) is 1.66. The van der Waals surface area contributed by atoms with E-state index in [1.807, 2.05) is 25.1 Å². The zero-order valence-corrected chi connectivity index (χ0v) is 23.7. The van der Waals surface area contributed by atoms with Gasteiger partial charge in [-0.25, -0.2) is 4.39 Å². The number of hydrogen-bond donors (Lipinski definition) is 0. The molecule has 0 N–H and O–H groups in total. The molecule has 6 nitrogen and oxygen atoms in total. The van der Waals surface area contributed by atoms with E-state index >= 15 is 0 Å². The molecular formula is C33H37FO6. The number of methoxy groups -OCH3 is 1. The van der Waals surface area contributed by atoms with Gasteiger partial charge >= 0.3 is 5.97 Å². The predicted molar refractivity (Wildman–Crippen MR) is 153 cm³/mol. The van der Waals surface area contributed by atoms with Gasteiger partial charge in [0.1, 0.15) is 36.3 Å². The monoisotopic (exact) mass is 548 g/mol. The first-order valence-corrected chi connectivity index (χ1v) is 13.7. The van der Waals surface area contributed by atoms with Crippen molar-refractivity contribution in [3.8, 4) is 28.4 Å². The number of carbonyl (C=O) groups excluding carboxylic acids is 1. The van der Waals surface area contributed by atoms with E-state index in [2.05, 4.69) is 25.1 Å². The van der Waals surface area contributed by atoms with E-state index in [-0.39, 0.29) is 25.4 Å². The number of halogens is 1. The van der Waals surface area contributed by atoms with Crippen molar-refractivity contribution < 1.29 is 32.9 Å². The fourth-order valence-corrected chi connectivity index (χ4v) is 4.58. The fraction of sp³-hybridized carbons (Fsp3) is 0.364. The van der Waals surface area contributed by atoms with Gasteiger partial charge in [0.25, 0.3) is 0 Å². The molecule has 0 bridgehead atoms. The lowest BCUT2D eigenvalue weighted by atomic mass is 9.91. The second-order valence-electron chi connectivity index (χ2n) is 9.52. The number of ether oxygens (including phenoxy) is 5. The molecular weight excluding hydrogens is 511 g/mol. The van der Waals surface area contributed by atoms with E-state index in [4.69, 9.17) is 23.7 Å². The van der Waals surface area contributed by atoms with Crippen molar-refractivity contribution in [2.45, 2.75) is 46.6 Å². The third-order valence-corrected chi connectivity index (χ3v) is 6.63. The maximum absolute atomic E-state index is 14.6. The molecule has 0 heterocycles. The SMILES string of the molecule is CCOCCOc1cc(C)c(-c2cc(COc3ccc(CCC(=O)OCC)c(F)c3)ccc2OC)c(C2=CC2)c1. The zero-order valence-electron chi connectivity index (χ0n) is 23.7. The predicted octanol–water partition coefficient (Wildman–Crippen LogP) is 7.09. The van der Waals surface area contributed by atoms with E-state index < -0.39 is 5.82 Å². The number of benzene rings is 3. The molecule has 0 saturated carbocycles. The van der Waals surface area contributed by atoms with E-state index in [1.165, 1.54) is 11.6 Å². The highest BCUT2D eigenvalue weighted by atomic mass is 19.1. The summed E-state index contributed by atoms with van der Waals surface area (Å²) >= 11 is 0. The second-order valence-corrected chi connectivity index (χ2v) is 9.52. The number of carbonyl (C=O) groups is 1. The molecule has 0 aromatic heterocycles. The Hall–Kier alpha value is -3.84. The Morgan fingerprint density at radius 2 is 1.75 bits per heavy atom. The van der Waals surface area contributed by atoms with Crippen LogP contribution >= 0.6 is 0 Å². The fourth-order valence-electron chi connectivity index (χ4n) is 4.58. The third kappa shape index (κ3) is 7.63. The van der Waals surface area contributed by atoms with Crippen molar-refractivity contribution >= 4 is 11.5 Å². The first kappa shape index (κ1) is 29.2. The number of hydrogen-bond acceptors (Lipinski definition) is 6. The molecule has 0 fully saturated rings. The van der Waals surface area contributed by atoms with Crippen molar-refractivity contribution in [3.05, 3.63) is 82.7 Å². The Morgan fingerprint density at radius 1 is 0.925 bits per heavy atom. The first-order chi connectivity index (χ1) is 19.4. The van der Waals surface area contributed by atoms with E-state index in [0.717, 1.165) is 45.7 Å². The molecule has 3 aromatic carbocycles. The molecule has 0 unspecified atom stereocenters. The Bertz CT molecular complexity index is 1360. The van der Waals surface area contributed by atoms with Crippen molar-refractivity contribution in [2.75, 3.05) is 33.5 Å². The van der Waals surface area contributed by atoms with Crippen LogP contribution < -0.4 is 14.2 Å². The van der Waals surface area contributed by atoms with Crippen LogP contribution in [0.1, 0.15) is 48.9 Å². The highest BCUT2D eigenvalue weighted by molar-refractivity contribution is 5.91. The van der Waals surface area contributed by atoms with Gasteiger partial charge in [-0.05, 0) is 97.3 Å². The molecule has 0 saturated heterocycles. The smallest absolute Gasteiger partial charge is 0.306 e. The molecule has 0 aliphatic heterocycles. The van der Waals surface area contributed by atoms with Crippen molar-refractivity contribution in [1.29, 1.82) is 0 Å². The van der Waals surface area contributed by atoms with Crippen LogP contribution in [0.25, 0.3) is 16.7 Å². The number of aryl methyl sites for hydroxylation is 2. The maximum atomic E-state index is 14.6. The van der Waals surface area contributed by atoms with Gasteiger partial charge in [0.2, 0.25) is 0 Å². The third-order valence-electron chi connectivity index (χ3n) is 6.63. The highest BCUT2D eigenvalue weighted by Crippen LogP contribution is 2.44. The van der Waals surface area contributed by atoms with Crippen LogP contribution in [-0.4, -0.2) is 39.5 Å². The number of allylic oxidation sites excluding steroid dienone is 2.